The highest BCUT2D eigenvalue weighted by molar-refractivity contribution is 5.86. The molecule has 2 aromatic carbocycles. The Hall–Kier alpha value is -3.59. The van der Waals surface area contributed by atoms with Gasteiger partial charge in [-0.25, -0.2) is 14.4 Å². The Morgan fingerprint density at radius 3 is 2.04 bits per heavy atom. The highest BCUT2D eigenvalue weighted by Gasteiger charge is 2.08. The van der Waals surface area contributed by atoms with Gasteiger partial charge in [-0.2, -0.15) is 0 Å². The van der Waals surface area contributed by atoms with Gasteiger partial charge in [0.2, 0.25) is 0 Å². The van der Waals surface area contributed by atoms with Crippen molar-refractivity contribution in [3.63, 3.8) is 0 Å². The molecule has 2 aromatic rings. The van der Waals surface area contributed by atoms with E-state index in [9.17, 15) is 9.59 Å². The zero-order valence-corrected chi connectivity index (χ0v) is 14.2. The minimum Gasteiger partial charge on any atom is -0.459 e. The van der Waals surface area contributed by atoms with Crippen LogP contribution in [0.4, 0.5) is 10.5 Å². The molecule has 2 rings (SSSR count). The summed E-state index contributed by atoms with van der Waals surface area (Å²) in [5, 5.41) is 0. The molecule has 0 saturated heterocycles. The first-order valence-corrected chi connectivity index (χ1v) is 7.75. The molecule has 6 nitrogen and oxygen atoms in total. The fourth-order valence-electron chi connectivity index (χ4n) is 1.95. The molecule has 0 aromatic heterocycles. The molecule has 0 aliphatic heterocycles. The first-order valence-electron chi connectivity index (χ1n) is 7.75. The first-order chi connectivity index (χ1) is 12.5. The molecule has 0 heterocycles. The Bertz CT molecular complexity index is 832. The lowest BCUT2D eigenvalue weighted by molar-refractivity contribution is -0.140. The van der Waals surface area contributed by atoms with Crippen molar-refractivity contribution in [2.75, 3.05) is 13.2 Å². The zero-order chi connectivity index (χ0) is 18.9. The van der Waals surface area contributed by atoms with Crippen molar-refractivity contribution in [2.45, 2.75) is 6.92 Å². The normalized spacial score (nSPS) is 9.69. The van der Waals surface area contributed by atoms with Gasteiger partial charge < -0.3 is 14.2 Å². The van der Waals surface area contributed by atoms with Crippen molar-refractivity contribution < 1.29 is 23.8 Å². The third kappa shape index (κ3) is 5.49. The number of benzene rings is 2. The predicted octanol–water partition coefficient (Wildman–Crippen LogP) is 4.54. The third-order valence-electron chi connectivity index (χ3n) is 3.27. The summed E-state index contributed by atoms with van der Waals surface area (Å²) >= 11 is 0. The summed E-state index contributed by atoms with van der Waals surface area (Å²) in [7, 11) is 0. The lowest BCUT2D eigenvalue weighted by Gasteiger charge is -2.08. The van der Waals surface area contributed by atoms with Crippen molar-refractivity contribution >= 4 is 17.8 Å². The maximum absolute atomic E-state index is 11.6. The van der Waals surface area contributed by atoms with E-state index in [0.717, 1.165) is 11.1 Å². The molecule has 132 valence electrons. The summed E-state index contributed by atoms with van der Waals surface area (Å²) in [5.74, 6) is -0.211. The standard InChI is InChI=1S/C20H17NO5/c1-14(2)19(22)24-12-13-25-20(23)26-18-10-6-16(7-11-18)15-4-8-17(21-3)9-5-15/h4-11H,1,12-13H2,2H3. The molecule has 0 unspecified atom stereocenters. The van der Waals surface area contributed by atoms with E-state index in [1.165, 1.54) is 6.92 Å². The number of hydrogen-bond donors (Lipinski definition) is 0. The lowest BCUT2D eigenvalue weighted by atomic mass is 10.1. The SMILES string of the molecule is [C-]#[N+]c1ccc(-c2ccc(OC(=O)OCCOC(=O)C(=C)C)cc2)cc1. The number of carbonyl (C=O) groups excluding carboxylic acids is 2. The van der Waals surface area contributed by atoms with E-state index in [0.29, 0.717) is 11.4 Å². The first kappa shape index (κ1) is 18.7. The molecule has 26 heavy (non-hydrogen) atoms. The smallest absolute Gasteiger partial charge is 0.459 e. The molecule has 0 fully saturated rings. The number of hydrogen-bond acceptors (Lipinski definition) is 5. The van der Waals surface area contributed by atoms with Crippen LogP contribution in [-0.4, -0.2) is 25.3 Å². The molecule has 0 N–H and O–H groups in total. The number of esters is 1. The molecule has 0 atom stereocenters. The van der Waals surface area contributed by atoms with Crippen LogP contribution in [0.3, 0.4) is 0 Å². The van der Waals surface area contributed by atoms with Gasteiger partial charge in [0, 0.05) is 5.57 Å². The number of nitrogens with zero attached hydrogens (tertiary/aromatic N) is 1. The van der Waals surface area contributed by atoms with E-state index < -0.39 is 12.1 Å². The topological polar surface area (TPSA) is 66.2 Å². The highest BCUT2D eigenvalue weighted by Crippen LogP contribution is 2.24. The van der Waals surface area contributed by atoms with Crippen molar-refractivity contribution in [3.05, 3.63) is 72.1 Å². The quantitative estimate of drug-likeness (QED) is 0.251. The van der Waals surface area contributed by atoms with Crippen LogP contribution in [0.2, 0.25) is 0 Å². The molecule has 0 aliphatic rings. The van der Waals surface area contributed by atoms with Gasteiger partial charge in [0.1, 0.15) is 19.0 Å². The van der Waals surface area contributed by atoms with Gasteiger partial charge in [0.05, 0.1) is 6.57 Å². The van der Waals surface area contributed by atoms with Crippen LogP contribution in [0.1, 0.15) is 6.92 Å². The molecular formula is C20H17NO5. The summed E-state index contributed by atoms with van der Waals surface area (Å²) in [4.78, 5) is 26.1. The molecule has 0 bridgehead atoms. The zero-order valence-electron chi connectivity index (χ0n) is 14.2. The summed E-state index contributed by atoms with van der Waals surface area (Å²) in [6, 6.07) is 14.1. The Balaban J connectivity index is 1.82. The van der Waals surface area contributed by atoms with E-state index in [-0.39, 0.29) is 18.8 Å². The van der Waals surface area contributed by atoms with Gasteiger partial charge in [0.15, 0.2) is 5.69 Å². The van der Waals surface area contributed by atoms with Crippen molar-refractivity contribution in [1.82, 2.24) is 0 Å². The Morgan fingerprint density at radius 1 is 0.962 bits per heavy atom. The van der Waals surface area contributed by atoms with Gasteiger partial charge in [-0.05, 0) is 30.2 Å². The van der Waals surface area contributed by atoms with Crippen LogP contribution in [0.5, 0.6) is 5.75 Å². The van der Waals surface area contributed by atoms with Crippen LogP contribution in [0.15, 0.2) is 60.7 Å². The van der Waals surface area contributed by atoms with Crippen molar-refractivity contribution in [3.8, 4) is 16.9 Å². The second-order valence-corrected chi connectivity index (χ2v) is 5.30. The van der Waals surface area contributed by atoms with E-state index in [1.807, 2.05) is 12.1 Å². The fourth-order valence-corrected chi connectivity index (χ4v) is 1.95. The second-order valence-electron chi connectivity index (χ2n) is 5.30. The van der Waals surface area contributed by atoms with Gasteiger partial charge in [0.25, 0.3) is 0 Å². The number of ether oxygens (including phenoxy) is 3. The molecule has 0 aliphatic carbocycles. The molecular weight excluding hydrogens is 334 g/mol. The Morgan fingerprint density at radius 2 is 1.50 bits per heavy atom. The van der Waals surface area contributed by atoms with Crippen molar-refractivity contribution in [2.24, 2.45) is 0 Å². The van der Waals surface area contributed by atoms with Crippen LogP contribution < -0.4 is 4.74 Å². The van der Waals surface area contributed by atoms with E-state index >= 15 is 0 Å². The Kier molecular flexibility index (Phi) is 6.52. The summed E-state index contributed by atoms with van der Waals surface area (Å²) in [6.45, 7) is 11.7. The molecule has 6 heteroatoms. The van der Waals surface area contributed by atoms with Crippen LogP contribution >= 0.6 is 0 Å². The highest BCUT2D eigenvalue weighted by atomic mass is 16.7. The van der Waals surface area contributed by atoms with Crippen LogP contribution in [0.25, 0.3) is 16.0 Å². The van der Waals surface area contributed by atoms with Gasteiger partial charge in [-0.1, -0.05) is 43.0 Å². The van der Waals surface area contributed by atoms with E-state index in [2.05, 4.69) is 11.4 Å². The summed E-state index contributed by atoms with van der Waals surface area (Å²) < 4.78 is 14.7. The average molecular weight is 351 g/mol. The van der Waals surface area contributed by atoms with E-state index in [4.69, 9.17) is 20.8 Å². The van der Waals surface area contributed by atoms with Crippen LogP contribution in [0, 0.1) is 6.57 Å². The molecule has 0 saturated carbocycles. The minimum absolute atomic E-state index is 0.0691. The van der Waals surface area contributed by atoms with Crippen molar-refractivity contribution in [1.29, 1.82) is 0 Å². The fraction of sp³-hybridized carbons (Fsp3) is 0.150. The number of rotatable bonds is 6. The molecule has 0 radical (unpaired) electrons. The van der Waals surface area contributed by atoms with Gasteiger partial charge in [-0.3, -0.25) is 0 Å². The molecule has 0 spiro atoms. The summed E-state index contributed by atoms with van der Waals surface area (Å²) in [6.07, 6.45) is -0.884. The maximum atomic E-state index is 11.6. The third-order valence-corrected chi connectivity index (χ3v) is 3.27. The minimum atomic E-state index is -0.884. The van der Waals surface area contributed by atoms with Gasteiger partial charge in [-0.15, -0.1) is 0 Å². The average Bonchev–Trinajstić information content (AvgIpc) is 2.65. The largest absolute Gasteiger partial charge is 0.513 e. The second kappa shape index (κ2) is 9.04. The van der Waals surface area contributed by atoms with Gasteiger partial charge >= 0.3 is 12.1 Å². The predicted molar refractivity (Wildman–Crippen MR) is 95.9 cm³/mol. The Labute approximate surface area is 151 Å². The van der Waals surface area contributed by atoms with Crippen LogP contribution in [-0.2, 0) is 14.3 Å². The monoisotopic (exact) mass is 351 g/mol. The van der Waals surface area contributed by atoms with E-state index in [1.54, 1.807) is 36.4 Å². The summed E-state index contributed by atoms with van der Waals surface area (Å²) in [5.41, 5.74) is 2.72. The molecule has 0 amide bonds. The maximum Gasteiger partial charge on any atom is 0.513 e. The number of carbonyl (C=O) groups is 2. The lowest BCUT2D eigenvalue weighted by Crippen LogP contribution is -2.16.